The second-order valence-corrected chi connectivity index (χ2v) is 6.96. The van der Waals surface area contributed by atoms with Crippen molar-refractivity contribution >= 4 is 63.7 Å². The largest absolute Gasteiger partial charge is 0.451 e. The first kappa shape index (κ1) is 19.5. The van der Waals surface area contributed by atoms with Crippen molar-refractivity contribution < 1.29 is 9.21 Å². The quantitative estimate of drug-likeness (QED) is 0.369. The number of carbonyl (C=O) groups is 1. The van der Waals surface area contributed by atoms with E-state index in [0.29, 0.717) is 32.1 Å². The van der Waals surface area contributed by atoms with Crippen molar-refractivity contribution in [1.82, 2.24) is 10.9 Å². The van der Waals surface area contributed by atoms with Gasteiger partial charge in [-0.25, -0.2) is 0 Å². The molecule has 2 aromatic carbocycles. The van der Waals surface area contributed by atoms with Crippen LogP contribution in [-0.2, 0) is 0 Å². The number of benzene rings is 2. The maximum absolute atomic E-state index is 12.2. The van der Waals surface area contributed by atoms with E-state index in [9.17, 15) is 4.79 Å². The summed E-state index contributed by atoms with van der Waals surface area (Å²) in [6, 6.07) is 15.3. The topological polar surface area (TPSA) is 66.3 Å². The lowest BCUT2D eigenvalue weighted by Crippen LogP contribution is -2.43. The van der Waals surface area contributed by atoms with Gasteiger partial charge in [-0.3, -0.25) is 15.6 Å². The van der Waals surface area contributed by atoms with E-state index in [1.807, 2.05) is 6.07 Å². The summed E-state index contributed by atoms with van der Waals surface area (Å²) in [5.41, 5.74) is 6.27. The highest BCUT2D eigenvalue weighted by molar-refractivity contribution is 7.80. The van der Waals surface area contributed by atoms with Crippen molar-refractivity contribution in [3.8, 4) is 11.3 Å². The van der Waals surface area contributed by atoms with E-state index in [4.69, 9.17) is 51.4 Å². The minimum atomic E-state index is -0.505. The SMILES string of the molecule is O=C(NNC(=S)Nc1ccccc1Cl)c1ccc(-c2ccc(Cl)cc2Cl)o1. The average molecular weight is 441 g/mol. The van der Waals surface area contributed by atoms with Gasteiger partial charge in [0.15, 0.2) is 10.9 Å². The lowest BCUT2D eigenvalue weighted by atomic mass is 10.2. The van der Waals surface area contributed by atoms with Gasteiger partial charge in [0.25, 0.3) is 0 Å². The standard InChI is InChI=1S/C18H12Cl3N3O2S/c19-10-5-6-11(13(21)9-10)15-7-8-16(26-15)17(25)23-24-18(27)22-14-4-2-1-3-12(14)20/h1-9H,(H,23,25)(H2,22,24,27). The molecule has 3 rings (SSSR count). The summed E-state index contributed by atoms with van der Waals surface area (Å²) in [6.07, 6.45) is 0. The second-order valence-electron chi connectivity index (χ2n) is 5.30. The van der Waals surface area contributed by atoms with Gasteiger partial charge in [0.05, 0.1) is 15.7 Å². The number of carbonyl (C=O) groups excluding carboxylic acids is 1. The van der Waals surface area contributed by atoms with Crippen LogP contribution in [0.3, 0.4) is 0 Å². The molecule has 0 saturated heterocycles. The van der Waals surface area contributed by atoms with Gasteiger partial charge in [-0.15, -0.1) is 0 Å². The molecule has 9 heteroatoms. The lowest BCUT2D eigenvalue weighted by Gasteiger charge is -2.11. The summed E-state index contributed by atoms with van der Waals surface area (Å²) in [6.45, 7) is 0. The Morgan fingerprint density at radius 1 is 0.926 bits per heavy atom. The number of rotatable bonds is 3. The van der Waals surface area contributed by atoms with E-state index in [2.05, 4.69) is 16.2 Å². The number of anilines is 1. The van der Waals surface area contributed by atoms with Gasteiger partial charge >= 0.3 is 5.91 Å². The van der Waals surface area contributed by atoms with E-state index in [0.717, 1.165) is 0 Å². The summed E-state index contributed by atoms with van der Waals surface area (Å²) in [4.78, 5) is 12.2. The normalized spacial score (nSPS) is 10.3. The Kier molecular flexibility index (Phi) is 6.23. The van der Waals surface area contributed by atoms with Crippen LogP contribution in [0.2, 0.25) is 15.1 Å². The number of hydrazine groups is 1. The third kappa shape index (κ3) is 4.93. The fourth-order valence-corrected chi connectivity index (χ4v) is 3.03. The second kappa shape index (κ2) is 8.63. The Hall–Kier alpha value is -2.25. The predicted octanol–water partition coefficient (Wildman–Crippen LogP) is 5.54. The van der Waals surface area contributed by atoms with Crippen LogP contribution >= 0.6 is 47.0 Å². The molecule has 0 saturated carbocycles. The van der Waals surface area contributed by atoms with Crippen molar-refractivity contribution in [2.24, 2.45) is 0 Å². The van der Waals surface area contributed by atoms with Crippen LogP contribution in [-0.4, -0.2) is 11.0 Å². The summed E-state index contributed by atoms with van der Waals surface area (Å²) in [5, 5.41) is 4.48. The van der Waals surface area contributed by atoms with E-state index in [1.165, 1.54) is 6.07 Å². The molecule has 27 heavy (non-hydrogen) atoms. The smallest absolute Gasteiger partial charge is 0.305 e. The minimum absolute atomic E-state index is 0.0871. The molecule has 1 aromatic heterocycles. The summed E-state index contributed by atoms with van der Waals surface area (Å²) >= 11 is 23.2. The lowest BCUT2D eigenvalue weighted by molar-refractivity contribution is 0.0917. The molecule has 138 valence electrons. The molecule has 3 N–H and O–H groups in total. The van der Waals surface area contributed by atoms with Crippen LogP contribution < -0.4 is 16.2 Å². The minimum Gasteiger partial charge on any atom is -0.451 e. The number of para-hydroxylation sites is 1. The molecular weight excluding hydrogens is 429 g/mol. The maximum atomic E-state index is 12.2. The van der Waals surface area contributed by atoms with Gasteiger partial charge in [0, 0.05) is 10.6 Å². The van der Waals surface area contributed by atoms with Crippen LogP contribution in [0.15, 0.2) is 59.0 Å². The molecule has 0 fully saturated rings. The number of hydrogen-bond donors (Lipinski definition) is 3. The van der Waals surface area contributed by atoms with Crippen molar-refractivity contribution in [3.05, 3.63) is 75.4 Å². The highest BCUT2D eigenvalue weighted by Gasteiger charge is 2.14. The molecule has 1 amide bonds. The fraction of sp³-hybridized carbons (Fsp3) is 0. The first-order valence-electron chi connectivity index (χ1n) is 7.61. The molecular formula is C18H12Cl3N3O2S. The summed E-state index contributed by atoms with van der Waals surface area (Å²) < 4.78 is 5.56. The number of nitrogens with one attached hydrogen (secondary N) is 3. The van der Waals surface area contributed by atoms with Crippen molar-refractivity contribution in [1.29, 1.82) is 0 Å². The van der Waals surface area contributed by atoms with Gasteiger partial charge in [-0.05, 0) is 54.7 Å². The third-order valence-corrected chi connectivity index (χ3v) is 4.52. The number of furan rings is 1. The first-order chi connectivity index (χ1) is 12.9. The Morgan fingerprint density at radius 3 is 2.44 bits per heavy atom. The van der Waals surface area contributed by atoms with E-state index >= 15 is 0 Å². The molecule has 3 aromatic rings. The monoisotopic (exact) mass is 439 g/mol. The summed E-state index contributed by atoms with van der Waals surface area (Å²) in [5.74, 6) is 0.0253. The molecule has 0 spiro atoms. The molecule has 0 unspecified atom stereocenters. The maximum Gasteiger partial charge on any atom is 0.305 e. The highest BCUT2D eigenvalue weighted by Crippen LogP contribution is 2.31. The van der Waals surface area contributed by atoms with E-state index in [1.54, 1.807) is 42.5 Å². The van der Waals surface area contributed by atoms with Crippen molar-refractivity contribution in [2.75, 3.05) is 5.32 Å². The first-order valence-corrected chi connectivity index (χ1v) is 9.15. The van der Waals surface area contributed by atoms with Crippen LogP contribution in [0.1, 0.15) is 10.6 Å². The average Bonchev–Trinajstić information content (AvgIpc) is 3.11. The van der Waals surface area contributed by atoms with Crippen molar-refractivity contribution in [3.63, 3.8) is 0 Å². The molecule has 0 radical (unpaired) electrons. The fourth-order valence-electron chi connectivity index (χ4n) is 2.19. The number of halogens is 3. The van der Waals surface area contributed by atoms with Crippen LogP contribution in [0, 0.1) is 0 Å². The number of hydrogen-bond acceptors (Lipinski definition) is 3. The molecule has 0 atom stereocenters. The van der Waals surface area contributed by atoms with Crippen LogP contribution in [0.25, 0.3) is 11.3 Å². The molecule has 0 aliphatic carbocycles. The summed E-state index contributed by atoms with van der Waals surface area (Å²) in [7, 11) is 0. The zero-order valence-electron chi connectivity index (χ0n) is 13.6. The Morgan fingerprint density at radius 2 is 1.70 bits per heavy atom. The number of amides is 1. The Bertz CT molecular complexity index is 1010. The van der Waals surface area contributed by atoms with Crippen LogP contribution in [0.4, 0.5) is 5.69 Å². The van der Waals surface area contributed by atoms with Gasteiger partial charge in [-0.1, -0.05) is 46.9 Å². The zero-order chi connectivity index (χ0) is 19.4. The van der Waals surface area contributed by atoms with Gasteiger partial charge < -0.3 is 9.73 Å². The predicted molar refractivity (Wildman–Crippen MR) is 112 cm³/mol. The Labute approximate surface area is 175 Å². The van der Waals surface area contributed by atoms with Gasteiger partial charge in [0.1, 0.15) is 5.76 Å². The highest BCUT2D eigenvalue weighted by atomic mass is 35.5. The van der Waals surface area contributed by atoms with E-state index < -0.39 is 5.91 Å². The third-order valence-electron chi connectivity index (χ3n) is 3.44. The van der Waals surface area contributed by atoms with Gasteiger partial charge in [0.2, 0.25) is 0 Å². The molecule has 0 bridgehead atoms. The number of thiocarbonyl (C=S) groups is 1. The molecule has 0 aliphatic rings. The molecule has 5 nitrogen and oxygen atoms in total. The molecule has 1 heterocycles. The Balaban J connectivity index is 1.61. The van der Waals surface area contributed by atoms with Gasteiger partial charge in [-0.2, -0.15) is 0 Å². The van der Waals surface area contributed by atoms with Crippen LogP contribution in [0.5, 0.6) is 0 Å². The van der Waals surface area contributed by atoms with E-state index in [-0.39, 0.29) is 10.9 Å². The zero-order valence-corrected chi connectivity index (χ0v) is 16.6. The molecule has 0 aliphatic heterocycles. The van der Waals surface area contributed by atoms with Crippen molar-refractivity contribution in [2.45, 2.75) is 0 Å².